The minimum Gasteiger partial charge on any atom is -0.495 e. The number of methoxy groups -OCH3 is 1. The quantitative estimate of drug-likeness (QED) is 0.764. The topological polar surface area (TPSA) is 92.7 Å². The highest BCUT2D eigenvalue weighted by molar-refractivity contribution is 7.92. The summed E-state index contributed by atoms with van der Waals surface area (Å²) in [6, 6.07) is 10.3. The van der Waals surface area contributed by atoms with E-state index in [1.165, 1.54) is 43.5 Å². The Kier molecular flexibility index (Phi) is 5.48. The molecule has 2 rings (SSSR count). The summed E-state index contributed by atoms with van der Waals surface area (Å²) in [5.41, 5.74) is 0.788. The second kappa shape index (κ2) is 7.37. The van der Waals surface area contributed by atoms with Crippen LogP contribution in [0, 0.1) is 0 Å². The Bertz CT molecular complexity index is 876. The third kappa shape index (κ3) is 4.50. The van der Waals surface area contributed by atoms with Crippen molar-refractivity contribution in [3.8, 4) is 5.75 Å². The van der Waals surface area contributed by atoms with Gasteiger partial charge in [0.05, 0.1) is 17.7 Å². The first kappa shape index (κ1) is 17.8. The largest absolute Gasteiger partial charge is 0.495 e. The van der Waals surface area contributed by atoms with Gasteiger partial charge >= 0.3 is 5.97 Å². The lowest BCUT2D eigenvalue weighted by atomic mass is 10.2. The van der Waals surface area contributed by atoms with Crippen molar-refractivity contribution in [2.45, 2.75) is 4.90 Å². The molecule has 0 aromatic heterocycles. The molecule has 0 unspecified atom stereocenters. The summed E-state index contributed by atoms with van der Waals surface area (Å²) in [5, 5.41) is 8.94. The smallest absolute Gasteiger partial charge is 0.328 e. The van der Waals surface area contributed by atoms with Crippen LogP contribution in [0.15, 0.2) is 53.4 Å². The summed E-state index contributed by atoms with van der Waals surface area (Å²) in [5.74, 6) is -0.745. The van der Waals surface area contributed by atoms with Crippen molar-refractivity contribution in [3.63, 3.8) is 0 Å². The van der Waals surface area contributed by atoms with Crippen LogP contribution < -0.4 is 9.46 Å². The van der Waals surface area contributed by atoms with Gasteiger partial charge < -0.3 is 9.84 Å². The molecule has 2 aromatic rings. The van der Waals surface area contributed by atoms with Crippen molar-refractivity contribution >= 4 is 39.4 Å². The lowest BCUT2D eigenvalue weighted by Gasteiger charge is -2.12. The Hall–Kier alpha value is -2.51. The fourth-order valence-corrected chi connectivity index (χ4v) is 3.12. The first-order valence-corrected chi connectivity index (χ1v) is 8.55. The monoisotopic (exact) mass is 367 g/mol. The van der Waals surface area contributed by atoms with Crippen molar-refractivity contribution < 1.29 is 23.1 Å². The molecule has 2 aromatic carbocycles. The van der Waals surface area contributed by atoms with Gasteiger partial charge in [0.2, 0.25) is 0 Å². The highest BCUT2D eigenvalue weighted by Gasteiger charge is 2.16. The summed E-state index contributed by atoms with van der Waals surface area (Å²) in [6.45, 7) is 0. The average molecular weight is 368 g/mol. The van der Waals surface area contributed by atoms with E-state index in [1.54, 1.807) is 12.1 Å². The summed E-state index contributed by atoms with van der Waals surface area (Å²) in [4.78, 5) is 10.5. The van der Waals surface area contributed by atoms with Gasteiger partial charge in [0, 0.05) is 11.1 Å². The highest BCUT2D eigenvalue weighted by atomic mass is 35.5. The zero-order valence-electron chi connectivity index (χ0n) is 12.6. The molecule has 0 bridgehead atoms. The second-order valence-corrected chi connectivity index (χ2v) is 6.81. The molecule has 0 aliphatic rings. The third-order valence-corrected chi connectivity index (χ3v) is 4.63. The molecule has 0 saturated heterocycles. The van der Waals surface area contributed by atoms with Crippen molar-refractivity contribution in [2.24, 2.45) is 0 Å². The maximum absolute atomic E-state index is 12.4. The predicted octanol–water partition coefficient (Wildman–Crippen LogP) is 3.25. The van der Waals surface area contributed by atoms with Crippen LogP contribution >= 0.6 is 11.6 Å². The first-order chi connectivity index (χ1) is 11.3. The fourth-order valence-electron chi connectivity index (χ4n) is 1.89. The van der Waals surface area contributed by atoms with Gasteiger partial charge in [0.1, 0.15) is 5.75 Å². The van der Waals surface area contributed by atoms with Crippen molar-refractivity contribution in [1.29, 1.82) is 0 Å². The minimum absolute atomic E-state index is 0.0250. The van der Waals surface area contributed by atoms with Gasteiger partial charge in [-0.2, -0.15) is 0 Å². The van der Waals surface area contributed by atoms with Crippen LogP contribution in [0.25, 0.3) is 6.08 Å². The van der Waals surface area contributed by atoms with Gasteiger partial charge in [0.15, 0.2) is 0 Å². The number of hydrogen-bond donors (Lipinski definition) is 2. The summed E-state index contributed by atoms with van der Waals surface area (Å²) in [6.07, 6.45) is 2.34. The molecular formula is C16H14ClNO5S. The molecule has 0 radical (unpaired) electrons. The molecule has 24 heavy (non-hydrogen) atoms. The number of rotatable bonds is 6. The summed E-state index contributed by atoms with van der Waals surface area (Å²) >= 11 is 5.88. The molecule has 8 heteroatoms. The molecule has 126 valence electrons. The van der Waals surface area contributed by atoms with Crippen LogP contribution in [0.1, 0.15) is 5.56 Å². The third-order valence-electron chi connectivity index (χ3n) is 3.01. The number of benzene rings is 2. The molecule has 0 saturated carbocycles. The number of hydrogen-bond acceptors (Lipinski definition) is 4. The molecule has 2 N–H and O–H groups in total. The molecule has 0 spiro atoms. The number of sulfonamides is 1. The SMILES string of the molecule is COc1ccc(Cl)cc1NS(=O)(=O)c1ccc(C=CC(=O)O)cc1. The van der Waals surface area contributed by atoms with Crippen LogP contribution in [-0.4, -0.2) is 26.6 Å². The van der Waals surface area contributed by atoms with Gasteiger partial charge in [-0.1, -0.05) is 23.7 Å². The maximum atomic E-state index is 12.4. The van der Waals surface area contributed by atoms with Crippen molar-refractivity contribution in [3.05, 3.63) is 59.1 Å². The number of anilines is 1. The van der Waals surface area contributed by atoms with E-state index in [-0.39, 0.29) is 10.6 Å². The van der Waals surface area contributed by atoms with E-state index in [1.807, 2.05) is 0 Å². The normalized spacial score (nSPS) is 11.4. The lowest BCUT2D eigenvalue weighted by Crippen LogP contribution is -2.13. The lowest BCUT2D eigenvalue weighted by molar-refractivity contribution is -0.131. The zero-order valence-corrected chi connectivity index (χ0v) is 14.1. The number of ether oxygens (including phenoxy) is 1. The molecule has 0 atom stereocenters. The van der Waals surface area contributed by atoms with E-state index in [4.69, 9.17) is 21.4 Å². The molecule has 0 amide bonds. The number of carboxylic acid groups (broad SMARTS) is 1. The van der Waals surface area contributed by atoms with E-state index >= 15 is 0 Å². The highest BCUT2D eigenvalue weighted by Crippen LogP contribution is 2.29. The van der Waals surface area contributed by atoms with Gasteiger partial charge in [-0.15, -0.1) is 0 Å². The Morgan fingerprint density at radius 3 is 2.46 bits per heavy atom. The van der Waals surface area contributed by atoms with Crippen LogP contribution in [0.3, 0.4) is 0 Å². The molecule has 6 nitrogen and oxygen atoms in total. The number of aliphatic carboxylic acids is 1. The Morgan fingerprint density at radius 2 is 1.88 bits per heavy atom. The Morgan fingerprint density at radius 1 is 1.21 bits per heavy atom. The summed E-state index contributed by atoms with van der Waals surface area (Å²) < 4.78 is 32.4. The minimum atomic E-state index is -3.84. The molecule has 0 aliphatic carbocycles. The van der Waals surface area contributed by atoms with Crippen molar-refractivity contribution in [2.75, 3.05) is 11.8 Å². The van der Waals surface area contributed by atoms with Crippen molar-refractivity contribution in [1.82, 2.24) is 0 Å². The van der Waals surface area contributed by atoms with Crippen LogP contribution in [0.4, 0.5) is 5.69 Å². The number of carboxylic acids is 1. The summed E-state index contributed by atoms with van der Waals surface area (Å²) in [7, 11) is -2.42. The average Bonchev–Trinajstić information content (AvgIpc) is 2.53. The fraction of sp³-hybridized carbons (Fsp3) is 0.0625. The maximum Gasteiger partial charge on any atom is 0.328 e. The second-order valence-electron chi connectivity index (χ2n) is 4.69. The van der Waals surface area contributed by atoms with E-state index in [9.17, 15) is 13.2 Å². The Balaban J connectivity index is 2.28. The van der Waals surface area contributed by atoms with E-state index in [2.05, 4.69) is 4.72 Å². The molecule has 0 fully saturated rings. The number of nitrogens with one attached hydrogen (secondary N) is 1. The van der Waals surface area contributed by atoms with Gasteiger partial charge in [-0.3, -0.25) is 4.72 Å². The molecule has 0 heterocycles. The van der Waals surface area contributed by atoms with Gasteiger partial charge in [0.25, 0.3) is 10.0 Å². The molecule has 0 aliphatic heterocycles. The van der Waals surface area contributed by atoms with E-state index in [0.717, 1.165) is 6.08 Å². The van der Waals surface area contributed by atoms with Crippen LogP contribution in [0.2, 0.25) is 5.02 Å². The van der Waals surface area contributed by atoms with E-state index < -0.39 is 16.0 Å². The van der Waals surface area contributed by atoms with Gasteiger partial charge in [-0.25, -0.2) is 13.2 Å². The number of carbonyl (C=O) groups is 1. The van der Waals surface area contributed by atoms with E-state index in [0.29, 0.717) is 16.3 Å². The standard InChI is InChI=1S/C16H14ClNO5S/c1-23-15-8-5-12(17)10-14(15)18-24(21,22)13-6-2-11(3-7-13)4-9-16(19)20/h2-10,18H,1H3,(H,19,20). The zero-order chi connectivity index (χ0) is 17.7. The predicted molar refractivity (Wildman–Crippen MR) is 91.9 cm³/mol. The first-order valence-electron chi connectivity index (χ1n) is 6.69. The van der Waals surface area contributed by atoms with Crippen LogP contribution in [0.5, 0.6) is 5.75 Å². The van der Waals surface area contributed by atoms with Crippen LogP contribution in [-0.2, 0) is 14.8 Å². The molecular weight excluding hydrogens is 354 g/mol. The Labute approximate surface area is 144 Å². The number of halogens is 1. The van der Waals surface area contributed by atoms with Gasteiger partial charge in [-0.05, 0) is 42.0 Å².